The molecule has 1 aliphatic rings. The number of hydrogen-bond acceptors (Lipinski definition) is 3. The maximum absolute atomic E-state index is 12.5. The van der Waals surface area contributed by atoms with Gasteiger partial charge in [0.2, 0.25) is 0 Å². The van der Waals surface area contributed by atoms with Crippen LogP contribution in [0.2, 0.25) is 0 Å². The molecule has 0 radical (unpaired) electrons. The van der Waals surface area contributed by atoms with Crippen LogP contribution in [0.1, 0.15) is 33.2 Å². The van der Waals surface area contributed by atoms with E-state index in [1.807, 2.05) is 12.1 Å². The molecule has 0 aliphatic carbocycles. The summed E-state index contributed by atoms with van der Waals surface area (Å²) in [5.74, 6) is -0.00107. The van der Waals surface area contributed by atoms with E-state index in [1.165, 1.54) is 0 Å². The number of fused-ring (bicyclic) bond motifs is 1. The number of halogens is 2. The van der Waals surface area contributed by atoms with Crippen LogP contribution in [0, 0.1) is 13.8 Å². The lowest BCUT2D eigenvalue weighted by Gasteiger charge is -2.29. The predicted octanol–water partition coefficient (Wildman–Crippen LogP) is 3.76. The second-order valence-corrected chi connectivity index (χ2v) is 5.46. The highest BCUT2D eigenvalue weighted by Crippen LogP contribution is 2.31. The molecule has 120 valence electrons. The first-order valence-corrected chi connectivity index (χ1v) is 7.18. The molecular weight excluding hydrogens is 302 g/mol. The lowest BCUT2D eigenvalue weighted by Crippen LogP contribution is -2.38. The molecule has 0 fully saturated rings. The van der Waals surface area contributed by atoms with Crippen molar-refractivity contribution in [2.75, 3.05) is 5.32 Å². The number of nitrogens with one attached hydrogen (secondary N) is 2. The highest BCUT2D eigenvalue weighted by molar-refractivity contribution is 6.01. The van der Waals surface area contributed by atoms with E-state index in [1.54, 1.807) is 38.1 Å². The first-order chi connectivity index (χ1) is 11.0. The topological polar surface area (TPSA) is 50.4 Å². The number of rotatable bonds is 3. The van der Waals surface area contributed by atoms with Crippen LogP contribution in [0.4, 0.5) is 14.5 Å². The molecule has 1 amide bonds. The van der Waals surface area contributed by atoms with Gasteiger partial charge in [0.25, 0.3) is 5.91 Å². The van der Waals surface area contributed by atoms with Gasteiger partial charge in [0, 0.05) is 5.69 Å². The minimum atomic E-state index is -2.86. The zero-order valence-corrected chi connectivity index (χ0v) is 12.7. The minimum Gasteiger partial charge on any atom is -0.434 e. The Balaban J connectivity index is 1.93. The molecule has 1 atom stereocenters. The minimum absolute atomic E-state index is 0.172. The number of anilines is 1. The van der Waals surface area contributed by atoms with E-state index in [0.717, 1.165) is 11.3 Å². The molecule has 0 aromatic heterocycles. The number of benzene rings is 2. The second kappa shape index (κ2) is 5.87. The third-order valence-electron chi connectivity index (χ3n) is 3.77. The molecule has 0 spiro atoms. The maximum atomic E-state index is 12.5. The standard InChI is InChI=1S/C17H16F2N2O2/c1-9-7-11(8-10(2)14(9)23-17(18)19)15-20-13-6-4-3-5-12(13)16(22)21-15/h3-8,15,17,20H,1-2H3,(H,21,22). The van der Waals surface area contributed by atoms with Crippen molar-refractivity contribution in [1.82, 2.24) is 5.32 Å². The van der Waals surface area contributed by atoms with Crippen molar-refractivity contribution in [2.24, 2.45) is 0 Å². The fourth-order valence-electron chi connectivity index (χ4n) is 2.80. The highest BCUT2D eigenvalue weighted by Gasteiger charge is 2.25. The van der Waals surface area contributed by atoms with Crippen LogP contribution >= 0.6 is 0 Å². The first-order valence-electron chi connectivity index (χ1n) is 7.18. The molecule has 1 aliphatic heterocycles. The summed E-state index contributed by atoms with van der Waals surface area (Å²) in [5, 5.41) is 6.10. The Labute approximate surface area is 132 Å². The number of aryl methyl sites for hydroxylation is 2. The van der Waals surface area contributed by atoms with Gasteiger partial charge in [-0.25, -0.2) is 0 Å². The molecule has 6 heteroatoms. The molecule has 3 rings (SSSR count). The smallest absolute Gasteiger partial charge is 0.387 e. The van der Waals surface area contributed by atoms with Crippen LogP contribution in [0.5, 0.6) is 5.75 Å². The number of para-hydroxylation sites is 1. The summed E-state index contributed by atoms with van der Waals surface area (Å²) in [6, 6.07) is 10.7. The first kappa shape index (κ1) is 15.3. The normalized spacial score (nSPS) is 16.6. The molecule has 4 nitrogen and oxygen atoms in total. The average Bonchev–Trinajstić information content (AvgIpc) is 2.50. The number of ether oxygens (including phenoxy) is 1. The quantitative estimate of drug-likeness (QED) is 0.906. The van der Waals surface area contributed by atoms with Gasteiger partial charge in [0.1, 0.15) is 11.9 Å². The predicted molar refractivity (Wildman–Crippen MR) is 82.8 cm³/mol. The van der Waals surface area contributed by atoms with Crippen molar-refractivity contribution >= 4 is 11.6 Å². The second-order valence-electron chi connectivity index (χ2n) is 5.46. The van der Waals surface area contributed by atoms with Gasteiger partial charge in [-0.15, -0.1) is 0 Å². The highest BCUT2D eigenvalue weighted by atomic mass is 19.3. The van der Waals surface area contributed by atoms with Gasteiger partial charge >= 0.3 is 6.61 Å². The zero-order chi connectivity index (χ0) is 16.6. The summed E-state index contributed by atoms with van der Waals surface area (Å²) < 4.78 is 29.5. The Morgan fingerprint density at radius 2 is 1.74 bits per heavy atom. The molecule has 0 bridgehead atoms. The Morgan fingerprint density at radius 3 is 2.39 bits per heavy atom. The largest absolute Gasteiger partial charge is 0.434 e. The molecule has 0 saturated carbocycles. The van der Waals surface area contributed by atoms with Crippen molar-refractivity contribution in [3.05, 3.63) is 58.7 Å². The Hall–Kier alpha value is -2.63. The van der Waals surface area contributed by atoms with Gasteiger partial charge in [-0.1, -0.05) is 12.1 Å². The van der Waals surface area contributed by atoms with E-state index in [9.17, 15) is 13.6 Å². The summed E-state index contributed by atoms with van der Waals surface area (Å²) in [7, 11) is 0. The summed E-state index contributed by atoms with van der Waals surface area (Å²) in [5.41, 5.74) is 3.29. The SMILES string of the molecule is Cc1cc(C2NC(=O)c3ccccc3N2)cc(C)c1OC(F)F. The van der Waals surface area contributed by atoms with Crippen molar-refractivity contribution in [3.8, 4) is 5.75 Å². The lowest BCUT2D eigenvalue weighted by molar-refractivity contribution is -0.0507. The van der Waals surface area contributed by atoms with E-state index in [4.69, 9.17) is 0 Å². The van der Waals surface area contributed by atoms with Crippen LogP contribution in [-0.4, -0.2) is 12.5 Å². The van der Waals surface area contributed by atoms with Crippen LogP contribution < -0.4 is 15.4 Å². The van der Waals surface area contributed by atoms with Crippen LogP contribution in [0.25, 0.3) is 0 Å². The van der Waals surface area contributed by atoms with Gasteiger partial charge in [-0.05, 0) is 54.8 Å². The van der Waals surface area contributed by atoms with Gasteiger partial charge in [0.05, 0.1) is 5.56 Å². The number of amides is 1. The molecule has 2 N–H and O–H groups in total. The molecule has 1 unspecified atom stereocenters. The van der Waals surface area contributed by atoms with Gasteiger partial charge in [-0.3, -0.25) is 4.79 Å². The summed E-state index contributed by atoms with van der Waals surface area (Å²) in [6.45, 7) is 0.539. The van der Waals surface area contributed by atoms with E-state index in [-0.39, 0.29) is 11.7 Å². The van der Waals surface area contributed by atoms with Crippen LogP contribution in [-0.2, 0) is 0 Å². The Morgan fingerprint density at radius 1 is 1.09 bits per heavy atom. The molecule has 23 heavy (non-hydrogen) atoms. The van der Waals surface area contributed by atoms with E-state index >= 15 is 0 Å². The fraction of sp³-hybridized carbons (Fsp3) is 0.235. The number of carbonyl (C=O) groups excluding carboxylic acids is 1. The van der Waals surface area contributed by atoms with Gasteiger partial charge in [-0.2, -0.15) is 8.78 Å². The van der Waals surface area contributed by atoms with Crippen LogP contribution in [0.3, 0.4) is 0 Å². The number of carbonyl (C=O) groups is 1. The third kappa shape index (κ3) is 2.97. The number of alkyl halides is 2. The van der Waals surface area contributed by atoms with E-state index in [2.05, 4.69) is 15.4 Å². The van der Waals surface area contributed by atoms with E-state index < -0.39 is 12.8 Å². The summed E-state index contributed by atoms with van der Waals surface area (Å²) in [6.07, 6.45) is -0.421. The fourth-order valence-corrected chi connectivity index (χ4v) is 2.80. The molecule has 1 heterocycles. The monoisotopic (exact) mass is 318 g/mol. The summed E-state index contributed by atoms with van der Waals surface area (Å²) >= 11 is 0. The van der Waals surface area contributed by atoms with Crippen molar-refractivity contribution in [2.45, 2.75) is 26.6 Å². The summed E-state index contributed by atoms with van der Waals surface area (Å²) in [4.78, 5) is 12.2. The van der Waals surface area contributed by atoms with Crippen molar-refractivity contribution < 1.29 is 18.3 Å². The van der Waals surface area contributed by atoms with E-state index in [0.29, 0.717) is 16.7 Å². The molecule has 2 aromatic carbocycles. The van der Waals surface area contributed by atoms with Crippen molar-refractivity contribution in [1.29, 1.82) is 0 Å². The van der Waals surface area contributed by atoms with Gasteiger partial charge in [0.15, 0.2) is 0 Å². The number of hydrogen-bond donors (Lipinski definition) is 2. The lowest BCUT2D eigenvalue weighted by atomic mass is 10.0. The van der Waals surface area contributed by atoms with Gasteiger partial charge < -0.3 is 15.4 Å². The third-order valence-corrected chi connectivity index (χ3v) is 3.77. The maximum Gasteiger partial charge on any atom is 0.387 e. The molecular formula is C17H16F2N2O2. The molecule has 2 aromatic rings. The zero-order valence-electron chi connectivity index (χ0n) is 12.7. The Kier molecular flexibility index (Phi) is 3.90. The Bertz CT molecular complexity index is 739. The van der Waals surface area contributed by atoms with Crippen molar-refractivity contribution in [3.63, 3.8) is 0 Å². The van der Waals surface area contributed by atoms with Crippen LogP contribution in [0.15, 0.2) is 36.4 Å². The molecule has 0 saturated heterocycles. The average molecular weight is 318 g/mol.